The van der Waals surface area contributed by atoms with Crippen molar-refractivity contribution < 1.29 is 0 Å². The molecule has 0 N–H and O–H groups in total. The molecule has 0 radical (unpaired) electrons. The first-order chi connectivity index (χ1) is 6.77. The quantitative estimate of drug-likeness (QED) is 0.686. The van der Waals surface area contributed by atoms with E-state index in [0.717, 1.165) is 5.82 Å². The highest BCUT2D eigenvalue weighted by molar-refractivity contribution is 6.41. The second-order valence-corrected chi connectivity index (χ2v) is 4.47. The SMILES string of the molecule is Clc1cnc(C2CCCCC2)nc1Cl. The Kier molecular flexibility index (Phi) is 3.24. The average molecular weight is 231 g/mol. The van der Waals surface area contributed by atoms with Crippen LogP contribution in [0.4, 0.5) is 0 Å². The van der Waals surface area contributed by atoms with Crippen LogP contribution < -0.4 is 0 Å². The van der Waals surface area contributed by atoms with Crippen LogP contribution in [0.15, 0.2) is 6.20 Å². The summed E-state index contributed by atoms with van der Waals surface area (Å²) in [7, 11) is 0. The summed E-state index contributed by atoms with van der Waals surface area (Å²) in [6.07, 6.45) is 7.83. The van der Waals surface area contributed by atoms with Gasteiger partial charge in [0.2, 0.25) is 0 Å². The van der Waals surface area contributed by atoms with E-state index >= 15 is 0 Å². The molecule has 1 aliphatic rings. The van der Waals surface area contributed by atoms with Gasteiger partial charge in [0, 0.05) is 5.92 Å². The summed E-state index contributed by atoms with van der Waals surface area (Å²) in [6.45, 7) is 0. The third-order valence-corrected chi connectivity index (χ3v) is 3.35. The highest BCUT2D eigenvalue weighted by Crippen LogP contribution is 2.31. The predicted octanol–water partition coefficient (Wildman–Crippen LogP) is 3.83. The van der Waals surface area contributed by atoms with Gasteiger partial charge in [-0.15, -0.1) is 0 Å². The zero-order valence-electron chi connectivity index (χ0n) is 7.84. The van der Waals surface area contributed by atoms with E-state index in [1.807, 2.05) is 0 Å². The van der Waals surface area contributed by atoms with Crippen LogP contribution in [0.25, 0.3) is 0 Å². The van der Waals surface area contributed by atoms with Gasteiger partial charge in [0.1, 0.15) is 5.82 Å². The van der Waals surface area contributed by atoms with Crippen LogP contribution in [0.3, 0.4) is 0 Å². The van der Waals surface area contributed by atoms with Crippen molar-refractivity contribution in [3.63, 3.8) is 0 Å². The molecular weight excluding hydrogens is 219 g/mol. The number of halogens is 2. The van der Waals surface area contributed by atoms with E-state index < -0.39 is 0 Å². The molecule has 4 heteroatoms. The molecule has 2 nitrogen and oxygen atoms in total. The van der Waals surface area contributed by atoms with Gasteiger partial charge in [0.05, 0.1) is 11.2 Å². The lowest BCUT2D eigenvalue weighted by molar-refractivity contribution is 0.428. The smallest absolute Gasteiger partial charge is 0.151 e. The largest absolute Gasteiger partial charge is 0.239 e. The lowest BCUT2D eigenvalue weighted by Crippen LogP contribution is -2.08. The van der Waals surface area contributed by atoms with Gasteiger partial charge in [-0.25, -0.2) is 9.97 Å². The fourth-order valence-electron chi connectivity index (χ4n) is 1.92. The summed E-state index contributed by atoms with van der Waals surface area (Å²) in [6, 6.07) is 0. The number of hydrogen-bond acceptors (Lipinski definition) is 2. The first-order valence-electron chi connectivity index (χ1n) is 4.95. The monoisotopic (exact) mass is 230 g/mol. The second kappa shape index (κ2) is 4.45. The number of rotatable bonds is 1. The normalized spacial score (nSPS) is 18.4. The molecule has 0 unspecified atom stereocenters. The third-order valence-electron chi connectivity index (χ3n) is 2.69. The standard InChI is InChI=1S/C10H12Cl2N2/c11-8-6-13-10(14-9(8)12)7-4-2-1-3-5-7/h6-7H,1-5H2. The van der Waals surface area contributed by atoms with Crippen LogP contribution >= 0.6 is 23.2 Å². The first kappa shape index (κ1) is 10.2. The van der Waals surface area contributed by atoms with E-state index in [1.165, 1.54) is 32.1 Å². The molecule has 2 rings (SSSR count). The fraction of sp³-hybridized carbons (Fsp3) is 0.600. The third kappa shape index (κ3) is 2.18. The maximum absolute atomic E-state index is 5.85. The van der Waals surface area contributed by atoms with Crippen LogP contribution in [0, 0.1) is 0 Å². The lowest BCUT2D eigenvalue weighted by atomic mass is 9.89. The number of nitrogens with zero attached hydrogens (tertiary/aromatic N) is 2. The van der Waals surface area contributed by atoms with Crippen molar-refractivity contribution in [2.75, 3.05) is 0 Å². The molecule has 0 bridgehead atoms. The summed E-state index contributed by atoms with van der Waals surface area (Å²) in [5, 5.41) is 0.813. The van der Waals surface area contributed by atoms with Gasteiger partial charge in [-0.05, 0) is 12.8 Å². The Morgan fingerprint density at radius 2 is 1.86 bits per heavy atom. The highest BCUT2D eigenvalue weighted by Gasteiger charge is 2.18. The van der Waals surface area contributed by atoms with Crippen LogP contribution in [0.2, 0.25) is 10.2 Å². The first-order valence-corrected chi connectivity index (χ1v) is 5.71. The highest BCUT2D eigenvalue weighted by atomic mass is 35.5. The maximum atomic E-state index is 5.85. The predicted molar refractivity (Wildman–Crippen MR) is 57.9 cm³/mol. The molecule has 0 aliphatic heterocycles. The van der Waals surface area contributed by atoms with Gasteiger partial charge in [-0.3, -0.25) is 0 Å². The zero-order valence-corrected chi connectivity index (χ0v) is 9.35. The van der Waals surface area contributed by atoms with Crippen LogP contribution in [-0.4, -0.2) is 9.97 Å². The van der Waals surface area contributed by atoms with Crippen molar-refractivity contribution in [1.29, 1.82) is 0 Å². The Bertz CT molecular complexity index is 322. The molecule has 1 aromatic rings. The van der Waals surface area contributed by atoms with E-state index in [-0.39, 0.29) is 0 Å². The van der Waals surface area contributed by atoms with Gasteiger partial charge >= 0.3 is 0 Å². The topological polar surface area (TPSA) is 25.8 Å². The Morgan fingerprint density at radius 3 is 2.50 bits per heavy atom. The van der Waals surface area contributed by atoms with Gasteiger partial charge in [-0.1, -0.05) is 42.5 Å². The minimum absolute atomic E-state index is 0.377. The molecule has 0 atom stereocenters. The molecule has 0 aromatic carbocycles. The van der Waals surface area contributed by atoms with Gasteiger partial charge < -0.3 is 0 Å². The van der Waals surface area contributed by atoms with Gasteiger partial charge in [0.15, 0.2) is 5.15 Å². The minimum Gasteiger partial charge on any atom is -0.239 e. The maximum Gasteiger partial charge on any atom is 0.151 e. The molecular formula is C10H12Cl2N2. The molecule has 0 spiro atoms. The molecule has 0 amide bonds. The number of hydrogen-bond donors (Lipinski definition) is 0. The second-order valence-electron chi connectivity index (χ2n) is 3.70. The molecule has 1 fully saturated rings. The summed E-state index contributed by atoms with van der Waals surface area (Å²) in [4.78, 5) is 8.45. The van der Waals surface area contributed by atoms with Crippen molar-refractivity contribution in [3.8, 4) is 0 Å². The summed E-state index contributed by atoms with van der Waals surface area (Å²) >= 11 is 11.6. The van der Waals surface area contributed by atoms with Crippen LogP contribution in [0.5, 0.6) is 0 Å². The Morgan fingerprint density at radius 1 is 1.14 bits per heavy atom. The molecule has 1 saturated carbocycles. The van der Waals surface area contributed by atoms with Crippen molar-refractivity contribution in [2.45, 2.75) is 38.0 Å². The van der Waals surface area contributed by atoms with E-state index in [0.29, 0.717) is 16.1 Å². The van der Waals surface area contributed by atoms with Gasteiger partial charge in [0.25, 0.3) is 0 Å². The van der Waals surface area contributed by atoms with E-state index in [2.05, 4.69) is 9.97 Å². The van der Waals surface area contributed by atoms with E-state index in [1.54, 1.807) is 6.20 Å². The molecule has 1 heterocycles. The summed E-state index contributed by atoms with van der Waals surface area (Å²) < 4.78 is 0. The van der Waals surface area contributed by atoms with Crippen molar-refractivity contribution in [1.82, 2.24) is 9.97 Å². The zero-order chi connectivity index (χ0) is 9.97. The Hall–Kier alpha value is -0.340. The molecule has 0 saturated heterocycles. The van der Waals surface area contributed by atoms with E-state index in [9.17, 15) is 0 Å². The Balaban J connectivity index is 2.18. The van der Waals surface area contributed by atoms with Crippen LogP contribution in [-0.2, 0) is 0 Å². The summed E-state index contributed by atoms with van der Waals surface area (Å²) in [5.41, 5.74) is 0. The molecule has 1 aliphatic carbocycles. The average Bonchev–Trinajstić information content (AvgIpc) is 2.23. The van der Waals surface area contributed by atoms with Crippen LogP contribution in [0.1, 0.15) is 43.8 Å². The van der Waals surface area contributed by atoms with Crippen molar-refractivity contribution in [3.05, 3.63) is 22.2 Å². The fourth-order valence-corrected chi connectivity index (χ4v) is 2.14. The van der Waals surface area contributed by atoms with Crippen molar-refractivity contribution in [2.24, 2.45) is 0 Å². The summed E-state index contributed by atoms with van der Waals surface area (Å²) in [5.74, 6) is 1.35. The van der Waals surface area contributed by atoms with Crippen molar-refractivity contribution >= 4 is 23.2 Å². The minimum atomic E-state index is 0.377. The molecule has 76 valence electrons. The Labute approximate surface area is 93.7 Å². The van der Waals surface area contributed by atoms with Gasteiger partial charge in [-0.2, -0.15) is 0 Å². The molecule has 14 heavy (non-hydrogen) atoms. The molecule has 1 aromatic heterocycles. The van der Waals surface area contributed by atoms with E-state index in [4.69, 9.17) is 23.2 Å². The lowest BCUT2D eigenvalue weighted by Gasteiger charge is -2.19. The number of aromatic nitrogens is 2.